The van der Waals surface area contributed by atoms with E-state index in [2.05, 4.69) is 15.1 Å². The molecule has 3 nitrogen and oxygen atoms in total. The molecule has 0 radical (unpaired) electrons. The molecule has 3 rings (SSSR count). The van der Waals surface area contributed by atoms with Crippen molar-refractivity contribution in [2.24, 2.45) is 0 Å². The van der Waals surface area contributed by atoms with Gasteiger partial charge in [-0.2, -0.15) is 0 Å². The molecule has 0 saturated carbocycles. The van der Waals surface area contributed by atoms with Gasteiger partial charge >= 0.3 is 0 Å². The SMILES string of the molecule is Fc1ccc(N2CCN(CCC3CCCCN3)CC2)cc1. The minimum atomic E-state index is -0.155. The number of nitrogens with zero attached hydrogens (tertiary/aromatic N) is 2. The molecule has 0 spiro atoms. The highest BCUT2D eigenvalue weighted by molar-refractivity contribution is 5.46. The van der Waals surface area contributed by atoms with Crippen LogP contribution in [0.2, 0.25) is 0 Å². The first kappa shape index (κ1) is 14.8. The molecule has 2 saturated heterocycles. The number of anilines is 1. The van der Waals surface area contributed by atoms with Crippen molar-refractivity contribution in [3.8, 4) is 0 Å². The number of piperidine rings is 1. The third-order valence-corrected chi connectivity index (χ3v) is 4.77. The van der Waals surface area contributed by atoms with Crippen molar-refractivity contribution in [1.29, 1.82) is 0 Å². The number of hydrogen-bond acceptors (Lipinski definition) is 3. The van der Waals surface area contributed by atoms with Gasteiger partial charge in [-0.05, 0) is 56.6 Å². The van der Waals surface area contributed by atoms with E-state index in [1.807, 2.05) is 12.1 Å². The highest BCUT2D eigenvalue weighted by Gasteiger charge is 2.19. The van der Waals surface area contributed by atoms with Gasteiger partial charge in [0.15, 0.2) is 0 Å². The Morgan fingerprint density at radius 2 is 1.81 bits per heavy atom. The summed E-state index contributed by atoms with van der Waals surface area (Å²) in [6.07, 6.45) is 5.34. The molecule has 21 heavy (non-hydrogen) atoms. The van der Waals surface area contributed by atoms with Gasteiger partial charge < -0.3 is 10.2 Å². The molecule has 1 unspecified atom stereocenters. The molecule has 2 heterocycles. The summed E-state index contributed by atoms with van der Waals surface area (Å²) in [6.45, 7) is 6.72. The van der Waals surface area contributed by atoms with E-state index in [0.29, 0.717) is 0 Å². The summed E-state index contributed by atoms with van der Waals surface area (Å²) in [6, 6.07) is 7.61. The van der Waals surface area contributed by atoms with E-state index in [1.165, 1.54) is 38.8 Å². The Labute approximate surface area is 127 Å². The van der Waals surface area contributed by atoms with Gasteiger partial charge in [-0.3, -0.25) is 4.90 Å². The largest absolute Gasteiger partial charge is 0.369 e. The highest BCUT2D eigenvalue weighted by Crippen LogP contribution is 2.17. The molecule has 1 atom stereocenters. The van der Waals surface area contributed by atoms with Crippen LogP contribution < -0.4 is 10.2 Å². The predicted molar refractivity (Wildman–Crippen MR) is 85.3 cm³/mol. The van der Waals surface area contributed by atoms with Gasteiger partial charge in [0.25, 0.3) is 0 Å². The lowest BCUT2D eigenvalue weighted by Gasteiger charge is -2.37. The quantitative estimate of drug-likeness (QED) is 0.919. The maximum Gasteiger partial charge on any atom is 0.123 e. The van der Waals surface area contributed by atoms with Gasteiger partial charge in [0.05, 0.1) is 0 Å². The van der Waals surface area contributed by atoms with Crippen molar-refractivity contribution >= 4 is 5.69 Å². The Balaban J connectivity index is 1.41. The number of benzene rings is 1. The molecular formula is C17H26FN3. The molecule has 2 fully saturated rings. The molecule has 2 aliphatic heterocycles. The average Bonchev–Trinajstić information content (AvgIpc) is 2.55. The van der Waals surface area contributed by atoms with E-state index in [0.717, 1.165) is 37.9 Å². The molecule has 4 heteroatoms. The summed E-state index contributed by atoms with van der Waals surface area (Å²) in [5, 5.41) is 3.63. The third-order valence-electron chi connectivity index (χ3n) is 4.77. The maximum absolute atomic E-state index is 13.0. The number of hydrogen-bond donors (Lipinski definition) is 1. The molecule has 0 aromatic heterocycles. The Morgan fingerprint density at radius 1 is 1.05 bits per heavy atom. The lowest BCUT2D eigenvalue weighted by molar-refractivity contribution is 0.234. The van der Waals surface area contributed by atoms with Crippen LogP contribution in [0, 0.1) is 5.82 Å². The van der Waals surface area contributed by atoms with Gasteiger partial charge in [-0.1, -0.05) is 6.42 Å². The van der Waals surface area contributed by atoms with Gasteiger partial charge in [0, 0.05) is 37.9 Å². The average molecular weight is 291 g/mol. The Morgan fingerprint density at radius 3 is 2.48 bits per heavy atom. The van der Waals surface area contributed by atoms with E-state index in [9.17, 15) is 4.39 Å². The monoisotopic (exact) mass is 291 g/mol. The van der Waals surface area contributed by atoms with Crippen LogP contribution in [0.25, 0.3) is 0 Å². The zero-order valence-corrected chi connectivity index (χ0v) is 12.7. The fourth-order valence-electron chi connectivity index (χ4n) is 3.39. The second-order valence-corrected chi connectivity index (χ2v) is 6.24. The van der Waals surface area contributed by atoms with Crippen LogP contribution in [0.1, 0.15) is 25.7 Å². The normalized spacial score (nSPS) is 24.2. The first-order chi connectivity index (χ1) is 10.3. The van der Waals surface area contributed by atoms with Crippen molar-refractivity contribution in [3.05, 3.63) is 30.1 Å². The first-order valence-electron chi connectivity index (χ1n) is 8.27. The smallest absolute Gasteiger partial charge is 0.123 e. The maximum atomic E-state index is 13.0. The summed E-state index contributed by atoms with van der Waals surface area (Å²) in [5.41, 5.74) is 1.14. The number of nitrogens with one attached hydrogen (secondary N) is 1. The van der Waals surface area contributed by atoms with Crippen LogP contribution in [0.3, 0.4) is 0 Å². The van der Waals surface area contributed by atoms with Crippen LogP contribution >= 0.6 is 0 Å². The van der Waals surface area contributed by atoms with Crippen LogP contribution in [-0.2, 0) is 0 Å². The van der Waals surface area contributed by atoms with Crippen LogP contribution in [0.15, 0.2) is 24.3 Å². The topological polar surface area (TPSA) is 18.5 Å². The fourth-order valence-corrected chi connectivity index (χ4v) is 3.39. The molecule has 1 aromatic carbocycles. The highest BCUT2D eigenvalue weighted by atomic mass is 19.1. The minimum Gasteiger partial charge on any atom is -0.369 e. The predicted octanol–water partition coefficient (Wildman–Crippen LogP) is 2.48. The van der Waals surface area contributed by atoms with Gasteiger partial charge in [-0.25, -0.2) is 4.39 Å². The fraction of sp³-hybridized carbons (Fsp3) is 0.647. The lowest BCUT2D eigenvalue weighted by Crippen LogP contribution is -2.47. The van der Waals surface area contributed by atoms with Crippen molar-refractivity contribution < 1.29 is 4.39 Å². The second-order valence-electron chi connectivity index (χ2n) is 6.24. The summed E-state index contributed by atoms with van der Waals surface area (Å²) in [7, 11) is 0. The van der Waals surface area contributed by atoms with E-state index in [1.54, 1.807) is 12.1 Å². The van der Waals surface area contributed by atoms with E-state index < -0.39 is 0 Å². The zero-order valence-electron chi connectivity index (χ0n) is 12.7. The lowest BCUT2D eigenvalue weighted by atomic mass is 10.0. The van der Waals surface area contributed by atoms with Gasteiger partial charge in [-0.15, -0.1) is 0 Å². The number of halogens is 1. The Bertz CT molecular complexity index is 420. The Kier molecular flexibility index (Phi) is 5.09. The van der Waals surface area contributed by atoms with Crippen LogP contribution in [0.5, 0.6) is 0 Å². The summed E-state index contributed by atoms with van der Waals surface area (Å²) in [5.74, 6) is -0.155. The molecule has 1 N–H and O–H groups in total. The first-order valence-corrected chi connectivity index (χ1v) is 8.27. The number of piperazine rings is 1. The Hall–Kier alpha value is -1.13. The van der Waals surface area contributed by atoms with E-state index >= 15 is 0 Å². The molecule has 1 aromatic rings. The van der Waals surface area contributed by atoms with Crippen LogP contribution in [-0.4, -0.2) is 50.2 Å². The van der Waals surface area contributed by atoms with Crippen LogP contribution in [0.4, 0.5) is 10.1 Å². The molecule has 0 bridgehead atoms. The zero-order chi connectivity index (χ0) is 14.5. The number of rotatable bonds is 4. The molecular weight excluding hydrogens is 265 g/mol. The molecule has 116 valence electrons. The van der Waals surface area contributed by atoms with Crippen molar-refractivity contribution in [1.82, 2.24) is 10.2 Å². The third kappa shape index (κ3) is 4.17. The minimum absolute atomic E-state index is 0.155. The summed E-state index contributed by atoms with van der Waals surface area (Å²) < 4.78 is 13.0. The second kappa shape index (κ2) is 7.23. The van der Waals surface area contributed by atoms with Crippen molar-refractivity contribution in [3.63, 3.8) is 0 Å². The van der Waals surface area contributed by atoms with Gasteiger partial charge in [0.2, 0.25) is 0 Å². The molecule has 0 amide bonds. The van der Waals surface area contributed by atoms with Crippen molar-refractivity contribution in [2.45, 2.75) is 31.7 Å². The standard InChI is InChI=1S/C17H26FN3/c18-15-4-6-17(7-5-15)21-13-11-20(12-14-21)10-8-16-3-1-2-9-19-16/h4-7,16,19H,1-3,8-14H2. The van der Waals surface area contributed by atoms with Crippen molar-refractivity contribution in [2.75, 3.05) is 44.2 Å². The molecule has 2 aliphatic rings. The summed E-state index contributed by atoms with van der Waals surface area (Å²) in [4.78, 5) is 4.92. The van der Waals surface area contributed by atoms with E-state index in [4.69, 9.17) is 0 Å². The van der Waals surface area contributed by atoms with Gasteiger partial charge in [0.1, 0.15) is 5.82 Å². The summed E-state index contributed by atoms with van der Waals surface area (Å²) >= 11 is 0. The van der Waals surface area contributed by atoms with E-state index in [-0.39, 0.29) is 5.82 Å². The molecule has 0 aliphatic carbocycles.